The standard InChI is InChI=1S/C12H16O5/c13-7-8-3-1-6-11(16-8)17-10-5-2-4-9(14)12(10)15/h2,4-5,8,11,13-15H,1,3,6-7H2/t8-,11-/m0/s1. The van der Waals surface area contributed by atoms with E-state index >= 15 is 0 Å². The highest BCUT2D eigenvalue weighted by Crippen LogP contribution is 2.36. The maximum absolute atomic E-state index is 9.57. The molecule has 0 aromatic heterocycles. The number of aliphatic hydroxyl groups excluding tert-OH is 1. The van der Waals surface area contributed by atoms with Crippen molar-refractivity contribution >= 4 is 0 Å². The Bertz CT molecular complexity index is 379. The van der Waals surface area contributed by atoms with Gasteiger partial charge in [0.15, 0.2) is 17.8 Å². The van der Waals surface area contributed by atoms with Crippen LogP contribution in [-0.4, -0.2) is 34.3 Å². The van der Waals surface area contributed by atoms with E-state index in [1.807, 2.05) is 0 Å². The van der Waals surface area contributed by atoms with Crippen LogP contribution in [0.3, 0.4) is 0 Å². The summed E-state index contributed by atoms with van der Waals surface area (Å²) < 4.78 is 10.9. The lowest BCUT2D eigenvalue weighted by atomic mass is 10.1. The van der Waals surface area contributed by atoms with Crippen molar-refractivity contribution < 1.29 is 24.8 Å². The highest BCUT2D eigenvalue weighted by Gasteiger charge is 2.24. The molecule has 5 heteroatoms. The highest BCUT2D eigenvalue weighted by molar-refractivity contribution is 5.48. The van der Waals surface area contributed by atoms with Gasteiger partial charge in [0.1, 0.15) is 0 Å². The molecule has 2 atom stereocenters. The summed E-state index contributed by atoms with van der Waals surface area (Å²) in [5.41, 5.74) is 0. The molecule has 0 unspecified atom stereocenters. The molecule has 0 spiro atoms. The molecule has 1 aromatic carbocycles. The van der Waals surface area contributed by atoms with E-state index in [9.17, 15) is 10.2 Å². The molecule has 3 N–H and O–H groups in total. The normalized spacial score (nSPS) is 24.5. The third-order valence-electron chi connectivity index (χ3n) is 2.75. The first-order valence-electron chi connectivity index (χ1n) is 5.64. The third kappa shape index (κ3) is 2.81. The first-order valence-corrected chi connectivity index (χ1v) is 5.64. The predicted octanol–water partition coefficient (Wildman–Crippen LogP) is 1.36. The average Bonchev–Trinajstić information content (AvgIpc) is 2.35. The van der Waals surface area contributed by atoms with Crippen LogP contribution in [0.4, 0.5) is 0 Å². The third-order valence-corrected chi connectivity index (χ3v) is 2.75. The molecule has 1 aliphatic rings. The number of hydrogen-bond acceptors (Lipinski definition) is 5. The van der Waals surface area contributed by atoms with Gasteiger partial charge in [-0.15, -0.1) is 0 Å². The van der Waals surface area contributed by atoms with Crippen LogP contribution in [-0.2, 0) is 4.74 Å². The van der Waals surface area contributed by atoms with Gasteiger partial charge in [-0.2, -0.15) is 0 Å². The molecular formula is C12H16O5. The number of para-hydroxylation sites is 1. The van der Waals surface area contributed by atoms with E-state index in [1.165, 1.54) is 6.07 Å². The Hall–Kier alpha value is -1.46. The molecule has 1 fully saturated rings. The van der Waals surface area contributed by atoms with Crippen molar-refractivity contribution in [2.24, 2.45) is 0 Å². The summed E-state index contributed by atoms with van der Waals surface area (Å²) in [4.78, 5) is 0. The Morgan fingerprint density at radius 2 is 2.12 bits per heavy atom. The molecule has 0 aliphatic carbocycles. The summed E-state index contributed by atoms with van der Waals surface area (Å²) in [5, 5.41) is 27.9. The van der Waals surface area contributed by atoms with E-state index < -0.39 is 6.29 Å². The SMILES string of the molecule is OC[C@@H]1CCC[C@H](Oc2cccc(O)c2O)O1. The topological polar surface area (TPSA) is 79.2 Å². The summed E-state index contributed by atoms with van der Waals surface area (Å²) >= 11 is 0. The molecule has 0 bridgehead atoms. The molecular weight excluding hydrogens is 224 g/mol. The zero-order valence-electron chi connectivity index (χ0n) is 9.37. The van der Waals surface area contributed by atoms with Crippen LogP contribution >= 0.6 is 0 Å². The van der Waals surface area contributed by atoms with Gasteiger partial charge in [-0.3, -0.25) is 0 Å². The summed E-state index contributed by atoms with van der Waals surface area (Å²) in [7, 11) is 0. The second-order valence-electron chi connectivity index (χ2n) is 4.04. The predicted molar refractivity (Wildman–Crippen MR) is 60.0 cm³/mol. The van der Waals surface area contributed by atoms with Gasteiger partial charge >= 0.3 is 0 Å². The van der Waals surface area contributed by atoms with E-state index in [-0.39, 0.29) is 30.0 Å². The number of aromatic hydroxyl groups is 2. The van der Waals surface area contributed by atoms with Crippen LogP contribution in [0, 0.1) is 0 Å². The molecule has 1 aliphatic heterocycles. The van der Waals surface area contributed by atoms with Gasteiger partial charge in [0.2, 0.25) is 5.75 Å². The smallest absolute Gasteiger partial charge is 0.200 e. The molecule has 1 heterocycles. The van der Waals surface area contributed by atoms with E-state index in [2.05, 4.69) is 0 Å². The van der Waals surface area contributed by atoms with Gasteiger partial charge in [-0.1, -0.05) is 6.07 Å². The fourth-order valence-corrected chi connectivity index (χ4v) is 1.83. The van der Waals surface area contributed by atoms with Crippen molar-refractivity contribution in [1.82, 2.24) is 0 Å². The van der Waals surface area contributed by atoms with Gasteiger partial charge in [-0.05, 0) is 25.0 Å². The molecule has 0 saturated carbocycles. The fraction of sp³-hybridized carbons (Fsp3) is 0.500. The maximum atomic E-state index is 9.57. The van der Waals surface area contributed by atoms with Gasteiger partial charge in [0.25, 0.3) is 0 Å². The number of phenolic OH excluding ortho intramolecular Hbond substituents is 2. The van der Waals surface area contributed by atoms with Crippen molar-refractivity contribution in [3.8, 4) is 17.2 Å². The largest absolute Gasteiger partial charge is 0.504 e. The molecule has 17 heavy (non-hydrogen) atoms. The first-order chi connectivity index (χ1) is 8.20. The number of rotatable bonds is 3. The molecule has 0 radical (unpaired) electrons. The lowest BCUT2D eigenvalue weighted by molar-refractivity contribution is -0.158. The minimum atomic E-state index is -0.492. The zero-order valence-corrected chi connectivity index (χ0v) is 9.37. The Kier molecular flexibility index (Phi) is 3.71. The second kappa shape index (κ2) is 5.25. The second-order valence-corrected chi connectivity index (χ2v) is 4.04. The summed E-state index contributed by atoms with van der Waals surface area (Å²) in [5.74, 6) is -0.326. The summed E-state index contributed by atoms with van der Waals surface area (Å²) in [6.07, 6.45) is 1.70. The van der Waals surface area contributed by atoms with Crippen LogP contribution < -0.4 is 4.74 Å². The molecule has 2 rings (SSSR count). The Morgan fingerprint density at radius 1 is 1.29 bits per heavy atom. The van der Waals surface area contributed by atoms with E-state index in [4.69, 9.17) is 14.6 Å². The van der Waals surface area contributed by atoms with Crippen LogP contribution in [0.15, 0.2) is 18.2 Å². The van der Waals surface area contributed by atoms with Gasteiger partial charge in [0.05, 0.1) is 12.7 Å². The molecule has 1 saturated heterocycles. The van der Waals surface area contributed by atoms with Gasteiger partial charge < -0.3 is 24.8 Å². The van der Waals surface area contributed by atoms with Crippen molar-refractivity contribution in [1.29, 1.82) is 0 Å². The molecule has 1 aromatic rings. The number of ether oxygens (including phenoxy) is 2. The fourth-order valence-electron chi connectivity index (χ4n) is 1.83. The Balaban J connectivity index is 2.02. The minimum Gasteiger partial charge on any atom is -0.504 e. The summed E-state index contributed by atoms with van der Waals surface area (Å²) in [6, 6.07) is 4.51. The monoisotopic (exact) mass is 240 g/mol. The molecule has 0 amide bonds. The highest BCUT2D eigenvalue weighted by atomic mass is 16.7. The number of phenols is 2. The van der Waals surface area contributed by atoms with Crippen molar-refractivity contribution in [3.63, 3.8) is 0 Å². The van der Waals surface area contributed by atoms with E-state index in [0.29, 0.717) is 6.42 Å². The zero-order chi connectivity index (χ0) is 12.3. The quantitative estimate of drug-likeness (QED) is 0.695. The average molecular weight is 240 g/mol. The number of benzene rings is 1. The Labute approximate surface area is 99.2 Å². The van der Waals surface area contributed by atoms with Crippen LogP contribution in [0.25, 0.3) is 0 Å². The Morgan fingerprint density at radius 3 is 2.88 bits per heavy atom. The van der Waals surface area contributed by atoms with Crippen molar-refractivity contribution in [2.45, 2.75) is 31.7 Å². The van der Waals surface area contributed by atoms with Crippen molar-refractivity contribution in [2.75, 3.05) is 6.61 Å². The maximum Gasteiger partial charge on any atom is 0.200 e. The van der Waals surface area contributed by atoms with Crippen LogP contribution in [0.2, 0.25) is 0 Å². The van der Waals surface area contributed by atoms with Crippen LogP contribution in [0.1, 0.15) is 19.3 Å². The minimum absolute atomic E-state index is 0.0358. The number of hydrogen-bond donors (Lipinski definition) is 3. The van der Waals surface area contributed by atoms with E-state index in [0.717, 1.165) is 12.8 Å². The number of aliphatic hydroxyl groups is 1. The van der Waals surface area contributed by atoms with E-state index in [1.54, 1.807) is 12.1 Å². The molecule has 5 nitrogen and oxygen atoms in total. The lowest BCUT2D eigenvalue weighted by Gasteiger charge is -2.29. The van der Waals surface area contributed by atoms with Crippen LogP contribution in [0.5, 0.6) is 17.2 Å². The lowest BCUT2D eigenvalue weighted by Crippen LogP contribution is -2.33. The van der Waals surface area contributed by atoms with Crippen molar-refractivity contribution in [3.05, 3.63) is 18.2 Å². The van der Waals surface area contributed by atoms with Gasteiger partial charge in [0, 0.05) is 6.42 Å². The first kappa shape index (κ1) is 12.0. The summed E-state index contributed by atoms with van der Waals surface area (Å²) in [6.45, 7) is -0.0358. The van der Waals surface area contributed by atoms with Gasteiger partial charge in [-0.25, -0.2) is 0 Å². The molecule has 94 valence electrons.